The molecular formula is C30H40SiZr. The third kappa shape index (κ3) is 7.96. The first-order valence-electron chi connectivity index (χ1n) is 11.3. The molecule has 0 atom stereocenters. The van der Waals surface area contributed by atoms with E-state index in [4.69, 9.17) is 0 Å². The molecule has 4 aromatic rings. The van der Waals surface area contributed by atoms with E-state index >= 15 is 0 Å². The Morgan fingerprint density at radius 2 is 0.906 bits per heavy atom. The molecule has 0 unspecified atom stereocenters. The zero-order valence-corrected chi connectivity index (χ0v) is 25.2. The molecule has 0 N–H and O–H groups in total. The third-order valence-electron chi connectivity index (χ3n) is 5.44. The van der Waals surface area contributed by atoms with Gasteiger partial charge in [0.2, 0.25) is 0 Å². The normalized spacial score (nSPS) is 11.3. The Balaban J connectivity index is 0.000000278. The van der Waals surface area contributed by atoms with Gasteiger partial charge in [0.1, 0.15) is 0 Å². The predicted molar refractivity (Wildman–Crippen MR) is 143 cm³/mol. The van der Waals surface area contributed by atoms with Crippen LogP contribution < -0.4 is 0 Å². The van der Waals surface area contributed by atoms with Gasteiger partial charge < -0.3 is 0 Å². The van der Waals surface area contributed by atoms with E-state index in [2.05, 4.69) is 129 Å². The first-order chi connectivity index (χ1) is 14.3. The molecule has 4 aromatic carbocycles. The molecule has 0 aliphatic carbocycles. The van der Waals surface area contributed by atoms with E-state index in [-0.39, 0.29) is 37.0 Å². The van der Waals surface area contributed by atoms with Gasteiger partial charge in [-0.1, -0.05) is 79.6 Å². The SMILES string of the molecule is C[Si]C.Cc1cc2cc(C(C)(C)C)ccc2[cH-]1.Cc1cc2cc(C(C)(C)C)ccc2[cH-]1.[Zr+2]. The summed E-state index contributed by atoms with van der Waals surface area (Å²) in [6, 6.07) is 22.5. The van der Waals surface area contributed by atoms with Crippen molar-refractivity contribution in [3.05, 3.63) is 82.9 Å². The Hall–Kier alpha value is -1.24. The monoisotopic (exact) mass is 518 g/mol. The smallest absolute Gasteiger partial charge is 0.165 e. The van der Waals surface area contributed by atoms with Gasteiger partial charge in [0.05, 0.1) is 0 Å². The summed E-state index contributed by atoms with van der Waals surface area (Å²) >= 11 is 0. The minimum atomic E-state index is 0. The Morgan fingerprint density at radius 3 is 1.19 bits per heavy atom. The number of rotatable bonds is 0. The van der Waals surface area contributed by atoms with Gasteiger partial charge in [-0.2, -0.15) is 12.1 Å². The molecule has 0 spiro atoms. The maximum absolute atomic E-state index is 2.31. The Bertz CT molecular complexity index is 1020. The summed E-state index contributed by atoms with van der Waals surface area (Å²) in [6.07, 6.45) is 0. The van der Waals surface area contributed by atoms with Gasteiger partial charge in [-0.25, -0.2) is 0 Å². The molecule has 2 radical (unpaired) electrons. The maximum Gasteiger partial charge on any atom is 2.00 e. The fourth-order valence-electron chi connectivity index (χ4n) is 3.66. The Morgan fingerprint density at radius 1 is 0.594 bits per heavy atom. The summed E-state index contributed by atoms with van der Waals surface area (Å²) < 4.78 is 0. The van der Waals surface area contributed by atoms with E-state index in [0.29, 0.717) is 0 Å². The first kappa shape index (κ1) is 28.8. The molecule has 0 bridgehead atoms. The zero-order chi connectivity index (χ0) is 23.4. The Kier molecular flexibility index (Phi) is 10.6. The van der Waals surface area contributed by atoms with E-state index in [1.54, 1.807) is 0 Å². The van der Waals surface area contributed by atoms with Crippen LogP contribution in [0.1, 0.15) is 63.8 Å². The van der Waals surface area contributed by atoms with Crippen LogP contribution in [0.5, 0.6) is 0 Å². The first-order valence-corrected chi connectivity index (χ1v) is 13.3. The summed E-state index contributed by atoms with van der Waals surface area (Å²) in [5.41, 5.74) is 6.03. The van der Waals surface area contributed by atoms with Crippen molar-refractivity contribution in [2.45, 2.75) is 79.3 Å². The van der Waals surface area contributed by atoms with Crippen molar-refractivity contribution in [2.75, 3.05) is 0 Å². The van der Waals surface area contributed by atoms with Crippen molar-refractivity contribution in [3.8, 4) is 0 Å². The molecule has 2 heteroatoms. The molecular weight excluding hydrogens is 480 g/mol. The molecule has 0 fully saturated rings. The van der Waals surface area contributed by atoms with Gasteiger partial charge in [0.15, 0.2) is 0 Å². The van der Waals surface area contributed by atoms with Crippen LogP contribution in [0, 0.1) is 13.8 Å². The van der Waals surface area contributed by atoms with Crippen LogP contribution in [-0.2, 0) is 37.0 Å². The van der Waals surface area contributed by atoms with Crippen LogP contribution >= 0.6 is 0 Å². The van der Waals surface area contributed by atoms with Gasteiger partial charge in [0.25, 0.3) is 0 Å². The van der Waals surface area contributed by atoms with E-state index in [0.717, 1.165) is 9.52 Å². The van der Waals surface area contributed by atoms with Crippen molar-refractivity contribution in [1.82, 2.24) is 0 Å². The molecule has 0 saturated carbocycles. The number of fused-ring (bicyclic) bond motifs is 2. The van der Waals surface area contributed by atoms with Crippen molar-refractivity contribution in [2.24, 2.45) is 0 Å². The Labute approximate surface area is 218 Å². The average Bonchev–Trinajstić information content (AvgIpc) is 3.20. The van der Waals surface area contributed by atoms with Crippen LogP contribution in [0.4, 0.5) is 0 Å². The number of hydrogen-bond acceptors (Lipinski definition) is 0. The van der Waals surface area contributed by atoms with Gasteiger partial charge in [-0.05, 0) is 10.8 Å². The molecule has 0 amide bonds. The van der Waals surface area contributed by atoms with Crippen molar-refractivity contribution < 1.29 is 26.2 Å². The van der Waals surface area contributed by atoms with E-state index in [9.17, 15) is 0 Å². The fourth-order valence-corrected chi connectivity index (χ4v) is 3.66. The van der Waals surface area contributed by atoms with E-state index < -0.39 is 0 Å². The number of benzene rings is 2. The van der Waals surface area contributed by atoms with Crippen LogP contribution in [0.3, 0.4) is 0 Å². The van der Waals surface area contributed by atoms with Crippen molar-refractivity contribution in [1.29, 1.82) is 0 Å². The van der Waals surface area contributed by atoms with Gasteiger partial charge in [0, 0.05) is 9.52 Å². The van der Waals surface area contributed by atoms with Crippen LogP contribution in [0.25, 0.3) is 21.5 Å². The molecule has 32 heavy (non-hydrogen) atoms. The maximum atomic E-state index is 2.31. The molecule has 0 nitrogen and oxygen atoms in total. The van der Waals surface area contributed by atoms with Gasteiger partial charge in [-0.3, -0.25) is 0 Å². The summed E-state index contributed by atoms with van der Waals surface area (Å²) in [4.78, 5) is 0. The second-order valence-electron chi connectivity index (χ2n) is 10.8. The summed E-state index contributed by atoms with van der Waals surface area (Å²) in [5, 5.41) is 5.45. The van der Waals surface area contributed by atoms with Crippen LogP contribution in [0.15, 0.2) is 60.7 Å². The molecule has 0 aliphatic rings. The second-order valence-corrected chi connectivity index (χ2v) is 11.8. The minimum absolute atomic E-state index is 0. The van der Waals surface area contributed by atoms with E-state index in [1.165, 1.54) is 43.8 Å². The molecule has 0 aliphatic heterocycles. The van der Waals surface area contributed by atoms with Crippen molar-refractivity contribution >= 4 is 31.1 Å². The molecule has 168 valence electrons. The molecule has 0 aromatic heterocycles. The molecule has 4 rings (SSSR count). The standard InChI is InChI=1S/2C14H17.C2H6Si.Zr/c2*1-10-7-11-5-6-13(14(2,3)4)9-12(11)8-10;1-3-2;/h2*5-9H,1-4H3;1-2H3;/q2*-1;;+2. The molecule has 0 heterocycles. The van der Waals surface area contributed by atoms with Crippen LogP contribution in [-0.4, -0.2) is 9.52 Å². The molecule has 0 saturated heterocycles. The van der Waals surface area contributed by atoms with Gasteiger partial charge >= 0.3 is 26.2 Å². The largest absolute Gasteiger partial charge is 2.00 e. The zero-order valence-electron chi connectivity index (χ0n) is 21.8. The topological polar surface area (TPSA) is 0 Å². The third-order valence-corrected chi connectivity index (χ3v) is 5.44. The quantitative estimate of drug-likeness (QED) is 0.160. The second kappa shape index (κ2) is 11.8. The number of hydrogen-bond donors (Lipinski definition) is 0. The number of aryl methyl sites for hydroxylation is 2. The van der Waals surface area contributed by atoms with E-state index in [1.807, 2.05) is 0 Å². The van der Waals surface area contributed by atoms with Crippen LogP contribution in [0.2, 0.25) is 13.1 Å². The summed E-state index contributed by atoms with van der Waals surface area (Å²) in [7, 11) is 1.08. The summed E-state index contributed by atoms with van der Waals surface area (Å²) in [5.74, 6) is 0. The average molecular weight is 520 g/mol. The minimum Gasteiger partial charge on any atom is -0.165 e. The fraction of sp³-hybridized carbons (Fsp3) is 0.400. The van der Waals surface area contributed by atoms with Gasteiger partial charge in [-0.15, -0.1) is 81.2 Å². The predicted octanol–water partition coefficient (Wildman–Crippen LogP) is 9.11. The summed E-state index contributed by atoms with van der Waals surface area (Å²) in [6.45, 7) is 22.1. The van der Waals surface area contributed by atoms with Crippen molar-refractivity contribution in [3.63, 3.8) is 0 Å².